The number of rotatable bonds is 3. The number of carbonyl (C=O) groups excluding carboxylic acids is 1. The Balaban J connectivity index is 2.72. The standard InChI is InChI=1S/C12H21N3O/c1-9(2)7-15-8-10(3)6-14-11(4-5-13)12(15)16/h9-11,14H,4,6-8H2,1-3H3. The Hall–Kier alpha value is -1.08. The SMILES string of the molecule is CC(C)CN1CC(C)CNC(CC#N)C1=O. The third-order valence-electron chi connectivity index (χ3n) is 2.74. The van der Waals surface area contributed by atoms with Crippen molar-refractivity contribution >= 4 is 5.91 Å². The molecule has 2 unspecified atom stereocenters. The van der Waals surface area contributed by atoms with Crippen LogP contribution in [0.1, 0.15) is 27.2 Å². The van der Waals surface area contributed by atoms with Crippen molar-refractivity contribution in [1.29, 1.82) is 5.26 Å². The molecule has 0 aromatic carbocycles. The molecular weight excluding hydrogens is 202 g/mol. The summed E-state index contributed by atoms with van der Waals surface area (Å²) in [5.74, 6) is 1.00. The minimum Gasteiger partial charge on any atom is -0.341 e. The first-order valence-electron chi connectivity index (χ1n) is 5.93. The van der Waals surface area contributed by atoms with Crippen LogP contribution in [-0.2, 0) is 4.79 Å². The van der Waals surface area contributed by atoms with Crippen LogP contribution in [0.3, 0.4) is 0 Å². The number of nitrogens with zero attached hydrogens (tertiary/aromatic N) is 2. The van der Waals surface area contributed by atoms with Gasteiger partial charge in [0.1, 0.15) is 0 Å². The molecule has 4 nitrogen and oxygen atoms in total. The zero-order chi connectivity index (χ0) is 12.1. The molecule has 0 saturated carbocycles. The van der Waals surface area contributed by atoms with Crippen molar-refractivity contribution in [2.24, 2.45) is 11.8 Å². The van der Waals surface area contributed by atoms with E-state index >= 15 is 0 Å². The summed E-state index contributed by atoms with van der Waals surface area (Å²) in [4.78, 5) is 14.0. The topological polar surface area (TPSA) is 56.1 Å². The highest BCUT2D eigenvalue weighted by Crippen LogP contribution is 2.11. The lowest BCUT2D eigenvalue weighted by Gasteiger charge is -2.26. The molecule has 2 atom stereocenters. The van der Waals surface area contributed by atoms with Crippen molar-refractivity contribution in [1.82, 2.24) is 10.2 Å². The Kier molecular flexibility index (Phi) is 4.75. The largest absolute Gasteiger partial charge is 0.341 e. The summed E-state index contributed by atoms with van der Waals surface area (Å²) in [5, 5.41) is 11.9. The molecule has 1 N–H and O–H groups in total. The van der Waals surface area contributed by atoms with Crippen molar-refractivity contribution in [2.45, 2.75) is 33.2 Å². The van der Waals surface area contributed by atoms with E-state index in [2.05, 4.69) is 32.2 Å². The van der Waals surface area contributed by atoms with E-state index in [1.807, 2.05) is 4.90 Å². The maximum atomic E-state index is 12.1. The van der Waals surface area contributed by atoms with Crippen LogP contribution in [0.15, 0.2) is 0 Å². The fourth-order valence-corrected chi connectivity index (χ4v) is 2.04. The van der Waals surface area contributed by atoms with Gasteiger partial charge in [-0.1, -0.05) is 20.8 Å². The van der Waals surface area contributed by atoms with E-state index in [0.717, 1.165) is 19.6 Å². The van der Waals surface area contributed by atoms with E-state index in [9.17, 15) is 4.79 Å². The highest BCUT2D eigenvalue weighted by molar-refractivity contribution is 5.82. The summed E-state index contributed by atoms with van der Waals surface area (Å²) in [5.41, 5.74) is 0. The highest BCUT2D eigenvalue weighted by atomic mass is 16.2. The molecule has 1 rings (SSSR count). The first-order chi connectivity index (χ1) is 7.54. The molecule has 1 aliphatic rings. The number of amides is 1. The zero-order valence-corrected chi connectivity index (χ0v) is 10.4. The number of nitrogens with one attached hydrogen (secondary N) is 1. The average Bonchev–Trinajstić information content (AvgIpc) is 2.31. The first kappa shape index (κ1) is 13.0. The summed E-state index contributed by atoms with van der Waals surface area (Å²) in [6.07, 6.45) is 0.264. The molecule has 1 amide bonds. The van der Waals surface area contributed by atoms with Crippen LogP contribution >= 0.6 is 0 Å². The quantitative estimate of drug-likeness (QED) is 0.776. The Morgan fingerprint density at radius 2 is 2.31 bits per heavy atom. The fourth-order valence-electron chi connectivity index (χ4n) is 2.04. The van der Waals surface area contributed by atoms with Gasteiger partial charge in [0, 0.05) is 19.6 Å². The van der Waals surface area contributed by atoms with E-state index in [-0.39, 0.29) is 18.4 Å². The van der Waals surface area contributed by atoms with Gasteiger partial charge in [0.25, 0.3) is 0 Å². The minimum absolute atomic E-state index is 0.0830. The summed E-state index contributed by atoms with van der Waals surface area (Å²) in [7, 11) is 0. The maximum Gasteiger partial charge on any atom is 0.240 e. The van der Waals surface area contributed by atoms with Gasteiger partial charge in [-0.15, -0.1) is 0 Å². The van der Waals surface area contributed by atoms with E-state index in [4.69, 9.17) is 5.26 Å². The van der Waals surface area contributed by atoms with Gasteiger partial charge in [0.05, 0.1) is 18.5 Å². The average molecular weight is 223 g/mol. The van der Waals surface area contributed by atoms with Crippen LogP contribution in [-0.4, -0.2) is 36.5 Å². The van der Waals surface area contributed by atoms with Gasteiger partial charge in [-0.3, -0.25) is 4.79 Å². The minimum atomic E-state index is -0.311. The Morgan fingerprint density at radius 3 is 2.88 bits per heavy atom. The van der Waals surface area contributed by atoms with Gasteiger partial charge in [0.15, 0.2) is 0 Å². The molecule has 4 heteroatoms. The van der Waals surface area contributed by atoms with E-state index in [1.165, 1.54) is 0 Å². The molecule has 1 aliphatic heterocycles. The van der Waals surface area contributed by atoms with Gasteiger partial charge in [-0.25, -0.2) is 0 Å². The molecule has 0 bridgehead atoms. The van der Waals surface area contributed by atoms with Crippen LogP contribution in [0.4, 0.5) is 0 Å². The molecule has 0 radical (unpaired) electrons. The van der Waals surface area contributed by atoms with Crippen LogP contribution in [0, 0.1) is 23.2 Å². The number of nitriles is 1. The van der Waals surface area contributed by atoms with E-state index < -0.39 is 0 Å². The van der Waals surface area contributed by atoms with Gasteiger partial charge in [0.2, 0.25) is 5.91 Å². The predicted octanol–water partition coefficient (Wildman–Crippen LogP) is 0.993. The number of carbonyl (C=O) groups is 1. The van der Waals surface area contributed by atoms with Gasteiger partial charge >= 0.3 is 0 Å². The Morgan fingerprint density at radius 1 is 1.62 bits per heavy atom. The Labute approximate surface area is 97.6 Å². The summed E-state index contributed by atoms with van der Waals surface area (Å²) >= 11 is 0. The monoisotopic (exact) mass is 223 g/mol. The molecule has 1 fully saturated rings. The molecular formula is C12H21N3O. The van der Waals surface area contributed by atoms with Gasteiger partial charge in [-0.2, -0.15) is 5.26 Å². The molecule has 0 aromatic heterocycles. The van der Waals surface area contributed by atoms with Gasteiger partial charge < -0.3 is 10.2 Å². The molecule has 16 heavy (non-hydrogen) atoms. The lowest BCUT2D eigenvalue weighted by atomic mass is 10.1. The smallest absolute Gasteiger partial charge is 0.240 e. The van der Waals surface area contributed by atoms with E-state index in [0.29, 0.717) is 11.8 Å². The lowest BCUT2D eigenvalue weighted by Crippen LogP contribution is -2.44. The third kappa shape index (κ3) is 3.49. The second-order valence-electron chi connectivity index (χ2n) is 5.07. The molecule has 0 spiro atoms. The fraction of sp³-hybridized carbons (Fsp3) is 0.833. The molecule has 90 valence electrons. The summed E-state index contributed by atoms with van der Waals surface area (Å²) in [6, 6.07) is 1.76. The number of hydrogen-bond donors (Lipinski definition) is 1. The van der Waals surface area contributed by atoms with Crippen LogP contribution in [0.5, 0.6) is 0 Å². The van der Waals surface area contributed by atoms with Crippen molar-refractivity contribution in [2.75, 3.05) is 19.6 Å². The second kappa shape index (κ2) is 5.86. The lowest BCUT2D eigenvalue weighted by molar-refractivity contribution is -0.133. The maximum absolute atomic E-state index is 12.1. The normalized spacial score (nSPS) is 26.7. The van der Waals surface area contributed by atoms with E-state index in [1.54, 1.807) is 0 Å². The van der Waals surface area contributed by atoms with Gasteiger partial charge in [-0.05, 0) is 11.8 Å². The zero-order valence-electron chi connectivity index (χ0n) is 10.4. The van der Waals surface area contributed by atoms with Crippen LogP contribution in [0.25, 0.3) is 0 Å². The van der Waals surface area contributed by atoms with Crippen molar-refractivity contribution in [3.05, 3.63) is 0 Å². The third-order valence-corrected chi connectivity index (χ3v) is 2.74. The predicted molar refractivity (Wildman–Crippen MR) is 62.6 cm³/mol. The first-order valence-corrected chi connectivity index (χ1v) is 5.93. The molecule has 0 aromatic rings. The molecule has 1 saturated heterocycles. The summed E-state index contributed by atoms with van der Waals surface area (Å²) < 4.78 is 0. The van der Waals surface area contributed by atoms with Crippen LogP contribution in [0.2, 0.25) is 0 Å². The Bertz CT molecular complexity index is 282. The van der Waals surface area contributed by atoms with Crippen molar-refractivity contribution in [3.8, 4) is 6.07 Å². The second-order valence-corrected chi connectivity index (χ2v) is 5.07. The number of hydrogen-bond acceptors (Lipinski definition) is 3. The molecule has 1 heterocycles. The summed E-state index contributed by atoms with van der Waals surface area (Å²) in [6.45, 7) is 8.74. The van der Waals surface area contributed by atoms with Crippen molar-refractivity contribution < 1.29 is 4.79 Å². The van der Waals surface area contributed by atoms with Crippen LogP contribution < -0.4 is 5.32 Å². The molecule has 0 aliphatic carbocycles. The van der Waals surface area contributed by atoms with Crippen molar-refractivity contribution in [3.63, 3.8) is 0 Å². The highest BCUT2D eigenvalue weighted by Gasteiger charge is 2.29.